The Bertz CT molecular complexity index is 1790. The Morgan fingerprint density at radius 2 is 0.737 bits per heavy atom. The van der Waals surface area contributed by atoms with Crippen LogP contribution in [0.3, 0.4) is 0 Å². The largest absolute Gasteiger partial charge is 0.356 e. The van der Waals surface area contributed by atoms with Gasteiger partial charge in [-0.15, -0.1) is 0 Å². The van der Waals surface area contributed by atoms with E-state index >= 15 is 0 Å². The predicted octanol–water partition coefficient (Wildman–Crippen LogP) is 9.86. The minimum atomic E-state index is 1.06. The number of aromatic nitrogens is 1. The summed E-state index contributed by atoms with van der Waals surface area (Å²) in [5.74, 6) is 0. The Hall–Kier alpha value is -5.08. The molecule has 7 rings (SSSR count). The summed E-state index contributed by atoms with van der Waals surface area (Å²) in [6.45, 7) is 0. The van der Waals surface area contributed by atoms with Gasteiger partial charge in [0, 0.05) is 27.8 Å². The minimum absolute atomic E-state index is 1.06. The molecule has 7 aromatic rings. The molecule has 38 heavy (non-hydrogen) atoms. The van der Waals surface area contributed by atoms with Crippen LogP contribution in [-0.2, 0) is 0 Å². The third-order valence-corrected chi connectivity index (χ3v) is 7.20. The lowest BCUT2D eigenvalue weighted by Gasteiger charge is -2.11. The van der Waals surface area contributed by atoms with Crippen molar-refractivity contribution >= 4 is 33.2 Å². The van der Waals surface area contributed by atoms with E-state index in [2.05, 4.69) is 155 Å². The number of benzene rings is 6. The Balaban J connectivity index is 1.11. The predicted molar refractivity (Wildman–Crippen MR) is 161 cm³/mol. The number of rotatable bonds is 5. The molecule has 2 nitrogen and oxygen atoms in total. The Morgan fingerprint density at radius 1 is 0.342 bits per heavy atom. The van der Waals surface area contributed by atoms with Gasteiger partial charge in [0.2, 0.25) is 0 Å². The van der Waals surface area contributed by atoms with E-state index in [1.54, 1.807) is 0 Å². The van der Waals surface area contributed by atoms with Crippen molar-refractivity contribution in [3.8, 4) is 27.9 Å². The van der Waals surface area contributed by atoms with Crippen molar-refractivity contribution in [2.24, 2.45) is 0 Å². The van der Waals surface area contributed by atoms with E-state index in [-0.39, 0.29) is 0 Å². The van der Waals surface area contributed by atoms with E-state index in [1.807, 2.05) is 6.07 Å². The van der Waals surface area contributed by atoms with Crippen molar-refractivity contribution in [2.75, 3.05) is 5.32 Å². The first-order chi connectivity index (χ1) is 18.8. The molecule has 0 fully saturated rings. The standard InChI is InChI=1S/C36H26N2/c1-2-8-26(9-3-1)27-14-16-28(17-15-27)29-18-20-30(21-19-29)37-31-22-24-32(25-23-31)38-35-12-6-4-10-33(35)34-11-5-7-13-36(34)38/h1-25,37H. The lowest BCUT2D eigenvalue weighted by molar-refractivity contribution is 1.18. The minimum Gasteiger partial charge on any atom is -0.356 e. The van der Waals surface area contributed by atoms with E-state index in [4.69, 9.17) is 0 Å². The van der Waals surface area contributed by atoms with E-state index < -0.39 is 0 Å². The summed E-state index contributed by atoms with van der Waals surface area (Å²) in [6.07, 6.45) is 0. The van der Waals surface area contributed by atoms with Crippen LogP contribution in [0.15, 0.2) is 152 Å². The van der Waals surface area contributed by atoms with Crippen LogP contribution >= 0.6 is 0 Å². The molecule has 0 spiro atoms. The first-order valence-electron chi connectivity index (χ1n) is 13.0. The van der Waals surface area contributed by atoms with Crippen LogP contribution in [0.1, 0.15) is 0 Å². The number of hydrogen-bond donors (Lipinski definition) is 1. The number of fused-ring (bicyclic) bond motifs is 3. The molecule has 180 valence electrons. The molecular formula is C36H26N2. The summed E-state index contributed by atoms with van der Waals surface area (Å²) >= 11 is 0. The lowest BCUT2D eigenvalue weighted by Crippen LogP contribution is -1.95. The zero-order valence-corrected chi connectivity index (χ0v) is 20.9. The Morgan fingerprint density at radius 3 is 1.26 bits per heavy atom. The van der Waals surface area contributed by atoms with Crippen LogP contribution in [0, 0.1) is 0 Å². The first-order valence-corrected chi connectivity index (χ1v) is 13.0. The average Bonchev–Trinajstić information content (AvgIpc) is 3.33. The molecule has 0 atom stereocenters. The second-order valence-corrected chi connectivity index (χ2v) is 9.56. The second-order valence-electron chi connectivity index (χ2n) is 9.56. The number of anilines is 2. The number of para-hydroxylation sites is 2. The number of hydrogen-bond acceptors (Lipinski definition) is 1. The Labute approximate surface area is 222 Å². The molecule has 0 aliphatic carbocycles. The van der Waals surface area contributed by atoms with E-state index in [9.17, 15) is 0 Å². The highest BCUT2D eigenvalue weighted by Gasteiger charge is 2.11. The fraction of sp³-hybridized carbons (Fsp3) is 0. The first kappa shape index (κ1) is 22.1. The van der Waals surface area contributed by atoms with Gasteiger partial charge in [-0.05, 0) is 70.8 Å². The molecule has 1 heterocycles. The zero-order chi connectivity index (χ0) is 25.3. The molecule has 0 saturated heterocycles. The van der Waals surface area contributed by atoms with Gasteiger partial charge in [-0.1, -0.05) is 103 Å². The van der Waals surface area contributed by atoms with Gasteiger partial charge in [-0.25, -0.2) is 0 Å². The van der Waals surface area contributed by atoms with Gasteiger partial charge >= 0.3 is 0 Å². The quantitative estimate of drug-likeness (QED) is 0.256. The van der Waals surface area contributed by atoms with Crippen molar-refractivity contribution in [3.05, 3.63) is 152 Å². The van der Waals surface area contributed by atoms with Crippen LogP contribution in [0.2, 0.25) is 0 Å². The van der Waals surface area contributed by atoms with Crippen LogP contribution in [0.5, 0.6) is 0 Å². The Kier molecular flexibility index (Phi) is 5.49. The lowest BCUT2D eigenvalue weighted by atomic mass is 10.0. The van der Waals surface area contributed by atoms with E-state index in [0.717, 1.165) is 17.1 Å². The van der Waals surface area contributed by atoms with Crippen molar-refractivity contribution < 1.29 is 0 Å². The summed E-state index contributed by atoms with van der Waals surface area (Å²) in [5.41, 5.74) is 10.6. The van der Waals surface area contributed by atoms with Gasteiger partial charge in [-0.3, -0.25) is 0 Å². The molecule has 0 amide bonds. The third kappa shape index (κ3) is 4.03. The van der Waals surface area contributed by atoms with Gasteiger partial charge in [0.1, 0.15) is 0 Å². The van der Waals surface area contributed by atoms with Gasteiger partial charge in [0.15, 0.2) is 0 Å². The maximum Gasteiger partial charge on any atom is 0.0541 e. The maximum absolute atomic E-state index is 3.55. The van der Waals surface area contributed by atoms with Gasteiger partial charge in [-0.2, -0.15) is 0 Å². The highest BCUT2D eigenvalue weighted by Crippen LogP contribution is 2.32. The molecule has 1 aromatic heterocycles. The molecule has 0 saturated carbocycles. The van der Waals surface area contributed by atoms with Crippen LogP contribution in [-0.4, -0.2) is 4.57 Å². The molecule has 0 aliphatic heterocycles. The van der Waals surface area contributed by atoms with E-state index in [0.29, 0.717) is 0 Å². The smallest absolute Gasteiger partial charge is 0.0541 e. The summed E-state index contributed by atoms with van der Waals surface area (Å²) in [7, 11) is 0. The van der Waals surface area contributed by atoms with Gasteiger partial charge < -0.3 is 9.88 Å². The highest BCUT2D eigenvalue weighted by atomic mass is 15.0. The monoisotopic (exact) mass is 486 g/mol. The molecule has 0 aliphatic rings. The van der Waals surface area contributed by atoms with Crippen molar-refractivity contribution in [3.63, 3.8) is 0 Å². The van der Waals surface area contributed by atoms with Crippen molar-refractivity contribution in [1.82, 2.24) is 4.57 Å². The summed E-state index contributed by atoms with van der Waals surface area (Å²) in [6, 6.07) is 53.8. The van der Waals surface area contributed by atoms with E-state index in [1.165, 1.54) is 44.1 Å². The van der Waals surface area contributed by atoms with Crippen LogP contribution in [0.4, 0.5) is 11.4 Å². The highest BCUT2D eigenvalue weighted by molar-refractivity contribution is 6.09. The summed E-state index contributed by atoms with van der Waals surface area (Å²) < 4.78 is 2.34. The summed E-state index contributed by atoms with van der Waals surface area (Å²) in [4.78, 5) is 0. The molecule has 0 unspecified atom stereocenters. The molecule has 1 N–H and O–H groups in total. The summed E-state index contributed by atoms with van der Waals surface area (Å²) in [5, 5.41) is 6.11. The average molecular weight is 487 g/mol. The topological polar surface area (TPSA) is 17.0 Å². The molecule has 0 radical (unpaired) electrons. The fourth-order valence-corrected chi connectivity index (χ4v) is 5.29. The molecule has 6 aromatic carbocycles. The molecule has 2 heteroatoms. The number of nitrogens with zero attached hydrogens (tertiary/aromatic N) is 1. The van der Waals surface area contributed by atoms with Gasteiger partial charge in [0.25, 0.3) is 0 Å². The zero-order valence-electron chi connectivity index (χ0n) is 20.9. The third-order valence-electron chi connectivity index (χ3n) is 7.20. The maximum atomic E-state index is 3.55. The van der Waals surface area contributed by atoms with Crippen molar-refractivity contribution in [2.45, 2.75) is 0 Å². The normalized spacial score (nSPS) is 11.2. The van der Waals surface area contributed by atoms with Crippen LogP contribution in [0.25, 0.3) is 49.7 Å². The number of nitrogens with one attached hydrogen (secondary N) is 1. The molecule has 0 bridgehead atoms. The fourth-order valence-electron chi connectivity index (χ4n) is 5.29. The van der Waals surface area contributed by atoms with Crippen molar-refractivity contribution in [1.29, 1.82) is 0 Å². The van der Waals surface area contributed by atoms with Crippen LogP contribution < -0.4 is 5.32 Å². The second kappa shape index (κ2) is 9.42. The van der Waals surface area contributed by atoms with Gasteiger partial charge in [0.05, 0.1) is 11.0 Å². The molecular weight excluding hydrogens is 460 g/mol. The SMILES string of the molecule is c1ccc(-c2ccc(-c3ccc(Nc4ccc(-n5c6ccccc6c6ccccc65)cc4)cc3)cc2)cc1.